The Morgan fingerprint density at radius 3 is 1.28 bits per heavy atom. The van der Waals surface area contributed by atoms with E-state index in [4.69, 9.17) is 24.4 Å². The summed E-state index contributed by atoms with van der Waals surface area (Å²) in [5, 5.41) is 2.19. The minimum Gasteiger partial charge on any atom is -0.456 e. The molecule has 0 saturated carbocycles. The van der Waals surface area contributed by atoms with E-state index in [1.807, 2.05) is 49.3 Å². The summed E-state index contributed by atoms with van der Waals surface area (Å²) in [6, 6.07) is 93.3. The largest absolute Gasteiger partial charge is 0.456 e. The van der Waals surface area contributed by atoms with Crippen molar-refractivity contribution < 1.29 is 4.42 Å². The molecule has 0 fully saturated rings. The lowest BCUT2D eigenvalue weighted by Crippen LogP contribution is -2.02. The molecule has 0 bridgehead atoms. The third kappa shape index (κ3) is 16.2. The van der Waals surface area contributed by atoms with E-state index in [0.717, 1.165) is 163 Å². The Morgan fingerprint density at radius 1 is 0.259 bits per heavy atom. The molecule has 7 heterocycles. The molecule has 0 amide bonds. The predicted octanol–water partition coefficient (Wildman–Crippen LogP) is 24.7. The average Bonchev–Trinajstić information content (AvgIpc) is 0.850. The van der Waals surface area contributed by atoms with Crippen LogP contribution >= 0.6 is 0 Å². The van der Waals surface area contributed by atoms with Crippen molar-refractivity contribution in [2.24, 2.45) is 0 Å². The number of aromatic nitrogens is 8. The van der Waals surface area contributed by atoms with Gasteiger partial charge in [0.25, 0.3) is 0 Å². The second-order valence-corrected chi connectivity index (χ2v) is 30.2. The van der Waals surface area contributed by atoms with Gasteiger partial charge < -0.3 is 4.42 Å². The SMILES string of the molecule is Cc1cc(-c2ccccc2)ccc1-c1cc(-c2ccccc2)ncc1-c1ccccc1-c1cc(CCc2cncc(C(C)C)c2)cc(CCc2cncc(C(C)Cc3ccc(-c4cc(-c5ccc6c(c5)oc5ccccc56)c(-c5ccccc5-c5cc(CCc6cncnc6)cc(CCc6cncnc6)c5)cn4)cc3)c2)c1. The third-order valence-corrected chi connectivity index (χ3v) is 22.0. The highest BCUT2D eigenvalue weighted by atomic mass is 16.3. The first-order chi connectivity index (χ1) is 55.1. The Kier molecular flexibility index (Phi) is 21.1. The molecule has 112 heavy (non-hydrogen) atoms. The lowest BCUT2D eigenvalue weighted by atomic mass is 9.86. The zero-order valence-electron chi connectivity index (χ0n) is 63.7. The van der Waals surface area contributed by atoms with E-state index in [2.05, 4.69) is 315 Å². The molecule has 1 unspecified atom stereocenters. The zero-order valence-corrected chi connectivity index (χ0v) is 63.7. The van der Waals surface area contributed by atoms with Crippen molar-refractivity contribution in [2.45, 2.75) is 97.3 Å². The van der Waals surface area contributed by atoms with E-state index in [0.29, 0.717) is 5.92 Å². The topological polar surface area (TPSA) is 116 Å². The van der Waals surface area contributed by atoms with Crippen LogP contribution in [0.3, 0.4) is 0 Å². The Bertz CT molecular complexity index is 6120. The maximum atomic E-state index is 6.58. The molecule has 0 spiro atoms. The van der Waals surface area contributed by atoms with Crippen LogP contribution in [0.2, 0.25) is 0 Å². The normalized spacial score (nSPS) is 11.8. The van der Waals surface area contributed by atoms with Crippen LogP contribution in [0, 0.1) is 6.92 Å². The molecule has 544 valence electrons. The number of pyridine rings is 4. The molecular weight excluding hydrogens is 1370 g/mol. The number of hydrogen-bond donors (Lipinski definition) is 0. The van der Waals surface area contributed by atoms with Crippen LogP contribution in [0.5, 0.6) is 0 Å². The average molecular weight is 1450 g/mol. The van der Waals surface area contributed by atoms with Crippen LogP contribution in [0.1, 0.15) is 99.4 Å². The second kappa shape index (κ2) is 32.9. The van der Waals surface area contributed by atoms with Crippen molar-refractivity contribution in [3.63, 3.8) is 0 Å². The maximum absolute atomic E-state index is 6.58. The molecule has 0 radical (unpaired) electrons. The molecule has 0 aliphatic rings. The van der Waals surface area contributed by atoms with Crippen molar-refractivity contribution >= 4 is 21.9 Å². The number of nitrogens with zero attached hydrogens (tertiary/aromatic N) is 8. The van der Waals surface area contributed by atoms with Crippen LogP contribution in [0.25, 0.3) is 122 Å². The fraction of sp³-hybridized carbons (Fsp3) is 0.146. The number of furan rings is 1. The minimum atomic E-state index is 0.214. The van der Waals surface area contributed by atoms with Crippen molar-refractivity contribution in [1.82, 2.24) is 39.9 Å². The fourth-order valence-corrected chi connectivity index (χ4v) is 16.0. The van der Waals surface area contributed by atoms with Gasteiger partial charge in [0.1, 0.15) is 23.8 Å². The number of fused-ring (bicyclic) bond motifs is 3. The van der Waals surface area contributed by atoms with E-state index >= 15 is 0 Å². The Hall–Kier alpha value is -13.2. The predicted molar refractivity (Wildman–Crippen MR) is 458 cm³/mol. The Balaban J connectivity index is 0.653. The molecule has 0 N–H and O–H groups in total. The fourth-order valence-electron chi connectivity index (χ4n) is 16.0. The summed E-state index contributed by atoms with van der Waals surface area (Å²) < 4.78 is 6.58. The Morgan fingerprint density at radius 2 is 0.705 bits per heavy atom. The first-order valence-corrected chi connectivity index (χ1v) is 39.1. The molecule has 0 aliphatic heterocycles. The summed E-state index contributed by atoms with van der Waals surface area (Å²) in [4.78, 5) is 37.5. The van der Waals surface area contributed by atoms with Gasteiger partial charge in [0.2, 0.25) is 0 Å². The maximum Gasteiger partial charge on any atom is 0.136 e. The van der Waals surface area contributed by atoms with Gasteiger partial charge in [-0.25, -0.2) is 19.9 Å². The van der Waals surface area contributed by atoms with Crippen molar-refractivity contribution in [3.05, 3.63) is 396 Å². The highest BCUT2D eigenvalue weighted by Gasteiger charge is 2.22. The quantitative estimate of drug-likeness (QED) is 0.0551. The molecule has 7 aromatic heterocycles. The first-order valence-electron chi connectivity index (χ1n) is 39.1. The molecule has 0 saturated heterocycles. The summed E-state index contributed by atoms with van der Waals surface area (Å²) in [6.07, 6.45) is 30.8. The van der Waals surface area contributed by atoms with Crippen LogP contribution in [0.15, 0.2) is 334 Å². The first kappa shape index (κ1) is 71.7. The van der Waals surface area contributed by atoms with Crippen LogP contribution in [-0.2, 0) is 57.8 Å². The van der Waals surface area contributed by atoms with Crippen molar-refractivity contribution in [1.29, 1.82) is 0 Å². The lowest BCUT2D eigenvalue weighted by Gasteiger charge is -2.19. The van der Waals surface area contributed by atoms with E-state index in [1.165, 1.54) is 83.5 Å². The third-order valence-electron chi connectivity index (χ3n) is 22.0. The molecule has 1 atom stereocenters. The Labute approximate surface area is 656 Å². The summed E-state index contributed by atoms with van der Waals surface area (Å²) >= 11 is 0. The highest BCUT2D eigenvalue weighted by Crippen LogP contribution is 2.45. The number of rotatable bonds is 25. The molecule has 17 rings (SSSR count). The van der Waals surface area contributed by atoms with Gasteiger partial charge in [-0.15, -0.1) is 0 Å². The van der Waals surface area contributed by atoms with Gasteiger partial charge in [-0.1, -0.05) is 245 Å². The van der Waals surface area contributed by atoms with Crippen LogP contribution < -0.4 is 0 Å². The van der Waals surface area contributed by atoms with E-state index in [1.54, 1.807) is 12.7 Å². The number of hydrogen-bond acceptors (Lipinski definition) is 9. The van der Waals surface area contributed by atoms with Gasteiger partial charge >= 0.3 is 0 Å². The van der Waals surface area contributed by atoms with Gasteiger partial charge in [0, 0.05) is 95.0 Å². The molecule has 17 aromatic rings. The van der Waals surface area contributed by atoms with E-state index in [-0.39, 0.29) is 5.92 Å². The van der Waals surface area contributed by atoms with Crippen LogP contribution in [-0.4, -0.2) is 39.9 Å². The summed E-state index contributed by atoms with van der Waals surface area (Å²) in [5.74, 6) is 0.616. The molecule has 9 heteroatoms. The van der Waals surface area contributed by atoms with Crippen LogP contribution in [0.4, 0.5) is 0 Å². The summed E-state index contributed by atoms with van der Waals surface area (Å²) in [6.45, 7) is 9.04. The zero-order chi connectivity index (χ0) is 75.7. The second-order valence-electron chi connectivity index (χ2n) is 30.2. The molecule has 9 nitrogen and oxygen atoms in total. The molecule has 0 aliphatic carbocycles. The molecule has 10 aromatic carbocycles. The number of aryl methyl sites for hydroxylation is 9. The van der Waals surface area contributed by atoms with Gasteiger partial charge in [0.05, 0.1) is 11.4 Å². The number of benzene rings is 10. The lowest BCUT2D eigenvalue weighted by molar-refractivity contribution is 0.669. The monoisotopic (exact) mass is 1450 g/mol. The van der Waals surface area contributed by atoms with E-state index in [9.17, 15) is 0 Å². The van der Waals surface area contributed by atoms with Crippen molar-refractivity contribution in [2.75, 3.05) is 0 Å². The smallest absolute Gasteiger partial charge is 0.136 e. The standard InChI is InChI=1S/C103H86N8O/c1-68(2)87-51-76(56-104-62-87)31-27-72-45-73(48-86(47-72)91-22-12-14-24-93(91)99-65-111-101(81-19-9-6-10-20-81)55-97(99)89-41-39-83(44-70(89)4)80-17-7-5-8-18-80)28-32-77-52-88(63-105-57-77)69(3)43-71-35-37-82(38-36-71)100-54-96(84-40-42-95-94-25-15-16-26-102(94)112-103(95)53-84)98(64-110-100)92-23-13-11-21-90(92)85-49-74(29-33-78-58-106-66-107-59-78)46-75(50-85)30-34-79-60-108-67-109-61-79/h5-26,35-42,44-69H,27-34,43H2,1-4H3. The van der Waals surface area contributed by atoms with Gasteiger partial charge in [-0.2, -0.15) is 0 Å². The molecular formula is C103H86N8O. The summed E-state index contributed by atoms with van der Waals surface area (Å²) in [5.41, 5.74) is 36.3. The minimum absolute atomic E-state index is 0.214. The highest BCUT2D eigenvalue weighted by molar-refractivity contribution is 6.07. The van der Waals surface area contributed by atoms with Gasteiger partial charge in [-0.3, -0.25) is 19.9 Å². The van der Waals surface area contributed by atoms with Gasteiger partial charge in [0.15, 0.2) is 0 Å². The number of para-hydroxylation sites is 1. The van der Waals surface area contributed by atoms with E-state index < -0.39 is 0 Å². The summed E-state index contributed by atoms with van der Waals surface area (Å²) in [7, 11) is 0. The van der Waals surface area contributed by atoms with Gasteiger partial charge in [-0.05, 0) is 240 Å². The van der Waals surface area contributed by atoms with Crippen molar-refractivity contribution in [3.8, 4) is 100 Å².